The summed E-state index contributed by atoms with van der Waals surface area (Å²) in [5, 5.41) is 3.88. The molecule has 0 aliphatic carbocycles. The van der Waals surface area contributed by atoms with Gasteiger partial charge < -0.3 is 10.5 Å². The monoisotopic (exact) mass is 308 g/mol. The molecule has 0 radical (unpaired) electrons. The fourth-order valence-corrected chi connectivity index (χ4v) is 2.23. The van der Waals surface area contributed by atoms with E-state index in [4.69, 9.17) is 22.1 Å². The average Bonchev–Trinajstić information content (AvgIpc) is 2.74. The topological polar surface area (TPSA) is 65.4 Å². The number of aromatic nitrogens is 3. The van der Waals surface area contributed by atoms with Crippen molar-refractivity contribution in [3.63, 3.8) is 0 Å². The number of fused-ring (bicyclic) bond motifs is 1. The van der Waals surface area contributed by atoms with Crippen LogP contribution in [0.15, 0.2) is 18.3 Å². The molecule has 0 aliphatic rings. The quantitative estimate of drug-likeness (QED) is 0.935. The minimum atomic E-state index is -4.61. The average molecular weight is 309 g/mol. The van der Waals surface area contributed by atoms with Crippen molar-refractivity contribution in [1.29, 1.82) is 0 Å². The molecule has 2 aromatic heterocycles. The Morgan fingerprint density at radius 2 is 2.15 bits per heavy atom. The molecular weight excluding hydrogens is 297 g/mol. The minimum absolute atomic E-state index is 0.0514. The SMILES string of the molecule is COCC(CN)(c1ccnc2cc(Cl)nn12)C(F)(F)F. The van der Waals surface area contributed by atoms with Gasteiger partial charge in [-0.3, -0.25) is 0 Å². The predicted molar refractivity (Wildman–Crippen MR) is 66.7 cm³/mol. The fraction of sp³-hybridized carbons (Fsp3) is 0.455. The van der Waals surface area contributed by atoms with Crippen molar-refractivity contribution < 1.29 is 17.9 Å². The molecule has 0 amide bonds. The van der Waals surface area contributed by atoms with Crippen LogP contribution in [0.4, 0.5) is 13.2 Å². The summed E-state index contributed by atoms with van der Waals surface area (Å²) in [7, 11) is 1.19. The smallest absolute Gasteiger partial charge is 0.383 e. The summed E-state index contributed by atoms with van der Waals surface area (Å²) in [5.41, 5.74) is 3.09. The molecule has 1 atom stereocenters. The molecule has 0 spiro atoms. The van der Waals surface area contributed by atoms with Crippen LogP contribution in [0.5, 0.6) is 0 Å². The van der Waals surface area contributed by atoms with Gasteiger partial charge in [0.1, 0.15) is 5.41 Å². The number of ether oxygens (including phenoxy) is 1. The van der Waals surface area contributed by atoms with Crippen molar-refractivity contribution in [1.82, 2.24) is 14.6 Å². The largest absolute Gasteiger partial charge is 0.403 e. The summed E-state index contributed by atoms with van der Waals surface area (Å²) >= 11 is 5.72. The van der Waals surface area contributed by atoms with E-state index in [0.717, 1.165) is 4.52 Å². The Balaban J connectivity index is 2.74. The second-order valence-corrected chi connectivity index (χ2v) is 4.67. The van der Waals surface area contributed by atoms with Crippen LogP contribution in [0, 0.1) is 0 Å². The first-order valence-corrected chi connectivity index (χ1v) is 6.00. The number of nitrogens with two attached hydrogens (primary N) is 1. The van der Waals surface area contributed by atoms with Crippen LogP contribution < -0.4 is 5.73 Å². The van der Waals surface area contributed by atoms with Crippen molar-refractivity contribution >= 4 is 17.2 Å². The molecule has 20 heavy (non-hydrogen) atoms. The second kappa shape index (κ2) is 5.19. The third-order valence-electron chi connectivity index (χ3n) is 3.10. The zero-order valence-corrected chi connectivity index (χ0v) is 11.2. The Bertz CT molecular complexity index is 615. The summed E-state index contributed by atoms with van der Waals surface area (Å²) in [5.74, 6) is 0. The van der Waals surface area contributed by atoms with Crippen molar-refractivity contribution in [2.45, 2.75) is 11.6 Å². The first kappa shape index (κ1) is 15.0. The van der Waals surface area contributed by atoms with Gasteiger partial charge in [0.05, 0.1) is 12.3 Å². The molecule has 110 valence electrons. The van der Waals surface area contributed by atoms with E-state index in [1.54, 1.807) is 0 Å². The van der Waals surface area contributed by atoms with E-state index in [-0.39, 0.29) is 16.5 Å². The lowest BCUT2D eigenvalue weighted by Crippen LogP contribution is -2.52. The van der Waals surface area contributed by atoms with Crippen LogP contribution in [0.2, 0.25) is 5.15 Å². The van der Waals surface area contributed by atoms with Gasteiger partial charge in [0.15, 0.2) is 10.8 Å². The van der Waals surface area contributed by atoms with Crippen LogP contribution in [0.1, 0.15) is 5.69 Å². The lowest BCUT2D eigenvalue weighted by molar-refractivity contribution is -0.202. The highest BCUT2D eigenvalue weighted by atomic mass is 35.5. The molecule has 0 bridgehead atoms. The van der Waals surface area contributed by atoms with Gasteiger partial charge in [-0.2, -0.15) is 18.3 Å². The number of nitrogens with zero attached hydrogens (tertiary/aromatic N) is 3. The van der Waals surface area contributed by atoms with Gasteiger partial charge >= 0.3 is 6.18 Å². The van der Waals surface area contributed by atoms with Crippen LogP contribution in [-0.2, 0) is 10.2 Å². The molecule has 5 nitrogen and oxygen atoms in total. The summed E-state index contributed by atoms with van der Waals surface area (Å²) in [6.07, 6.45) is -3.35. The molecule has 0 aromatic carbocycles. The van der Waals surface area contributed by atoms with Crippen molar-refractivity contribution in [3.05, 3.63) is 29.2 Å². The number of rotatable bonds is 4. The molecule has 2 heterocycles. The van der Waals surface area contributed by atoms with Gasteiger partial charge in [0.2, 0.25) is 0 Å². The van der Waals surface area contributed by atoms with Crippen molar-refractivity contribution in [2.75, 3.05) is 20.3 Å². The van der Waals surface area contributed by atoms with Crippen molar-refractivity contribution in [2.24, 2.45) is 5.73 Å². The molecule has 2 rings (SSSR count). The summed E-state index contributed by atoms with van der Waals surface area (Å²) in [4.78, 5) is 3.92. The molecular formula is C11H12ClF3N4O. The summed E-state index contributed by atoms with van der Waals surface area (Å²) < 4.78 is 46.4. The predicted octanol–water partition coefficient (Wildman–Crippen LogP) is 1.79. The van der Waals surface area contributed by atoms with Crippen LogP contribution in [0.25, 0.3) is 5.65 Å². The summed E-state index contributed by atoms with van der Waals surface area (Å²) in [6.45, 7) is -1.30. The van der Waals surface area contributed by atoms with E-state index in [1.165, 1.54) is 25.4 Å². The first-order chi connectivity index (χ1) is 9.35. The Morgan fingerprint density at radius 1 is 1.45 bits per heavy atom. The number of hydrogen-bond donors (Lipinski definition) is 1. The number of alkyl halides is 3. The molecule has 1 unspecified atom stereocenters. The lowest BCUT2D eigenvalue weighted by Gasteiger charge is -2.34. The van der Waals surface area contributed by atoms with Gasteiger partial charge in [-0.25, -0.2) is 9.50 Å². The molecule has 0 saturated heterocycles. The van der Waals surface area contributed by atoms with E-state index < -0.39 is 24.7 Å². The number of halogens is 4. The zero-order chi connectivity index (χ0) is 15.0. The highest BCUT2D eigenvalue weighted by Crippen LogP contribution is 2.40. The molecule has 0 fully saturated rings. The molecule has 0 saturated carbocycles. The zero-order valence-electron chi connectivity index (χ0n) is 10.5. The number of hydrogen-bond acceptors (Lipinski definition) is 4. The van der Waals surface area contributed by atoms with Gasteiger partial charge in [0, 0.05) is 25.9 Å². The van der Waals surface area contributed by atoms with Crippen LogP contribution in [-0.4, -0.2) is 41.0 Å². The molecule has 2 aromatic rings. The Labute approximate surface area is 117 Å². The van der Waals surface area contributed by atoms with Crippen molar-refractivity contribution in [3.8, 4) is 0 Å². The van der Waals surface area contributed by atoms with E-state index in [2.05, 4.69) is 10.1 Å². The fourth-order valence-electron chi connectivity index (χ4n) is 2.06. The normalized spacial score (nSPS) is 15.5. The summed E-state index contributed by atoms with van der Waals surface area (Å²) in [6, 6.07) is 2.59. The van der Waals surface area contributed by atoms with Gasteiger partial charge in [-0.05, 0) is 6.07 Å². The van der Waals surface area contributed by atoms with Gasteiger partial charge in [-0.1, -0.05) is 11.6 Å². The third kappa shape index (κ3) is 2.23. The highest BCUT2D eigenvalue weighted by molar-refractivity contribution is 6.29. The van der Waals surface area contributed by atoms with E-state index in [0.29, 0.717) is 0 Å². The minimum Gasteiger partial charge on any atom is -0.383 e. The Morgan fingerprint density at radius 3 is 2.70 bits per heavy atom. The maximum atomic E-state index is 13.5. The number of methoxy groups -OCH3 is 1. The molecule has 2 N–H and O–H groups in total. The van der Waals surface area contributed by atoms with Crippen LogP contribution >= 0.6 is 11.6 Å². The Hall–Kier alpha value is -1.38. The molecule has 9 heteroatoms. The maximum absolute atomic E-state index is 13.5. The van der Waals surface area contributed by atoms with Gasteiger partial charge in [-0.15, -0.1) is 0 Å². The molecule has 0 aliphatic heterocycles. The van der Waals surface area contributed by atoms with Crippen LogP contribution in [0.3, 0.4) is 0 Å². The Kier molecular flexibility index (Phi) is 3.90. The lowest BCUT2D eigenvalue weighted by atomic mass is 9.84. The first-order valence-electron chi connectivity index (χ1n) is 5.62. The van der Waals surface area contributed by atoms with E-state index in [1.807, 2.05) is 0 Å². The standard InChI is InChI=1S/C11H12ClF3N4O/c1-20-6-10(5-16,11(13,14)15)7-2-3-17-9-4-8(12)18-19(7)9/h2-4H,5-6,16H2,1H3. The third-order valence-corrected chi connectivity index (χ3v) is 3.28. The second-order valence-electron chi connectivity index (χ2n) is 4.28. The van der Waals surface area contributed by atoms with Gasteiger partial charge in [0.25, 0.3) is 0 Å². The highest BCUT2D eigenvalue weighted by Gasteiger charge is 2.56. The van der Waals surface area contributed by atoms with E-state index in [9.17, 15) is 13.2 Å². The van der Waals surface area contributed by atoms with E-state index >= 15 is 0 Å². The maximum Gasteiger partial charge on any atom is 0.403 e.